The first-order valence-electron chi connectivity index (χ1n) is 4.68. The summed E-state index contributed by atoms with van der Waals surface area (Å²) >= 11 is 5.64. The third kappa shape index (κ3) is 1.74. The van der Waals surface area contributed by atoms with Crippen LogP contribution in [0.1, 0.15) is 31.1 Å². The van der Waals surface area contributed by atoms with Gasteiger partial charge in [0.25, 0.3) is 0 Å². The molecular formula is C10H11ClFNO. The van der Waals surface area contributed by atoms with Gasteiger partial charge in [-0.3, -0.25) is 0 Å². The molecule has 1 atom stereocenters. The smallest absolute Gasteiger partial charge is 0.147 e. The molecule has 0 aliphatic heterocycles. The van der Waals surface area contributed by atoms with Crippen LogP contribution in [0, 0.1) is 11.7 Å². The number of hydrogen-bond acceptors (Lipinski definition) is 2. The molecule has 1 unspecified atom stereocenters. The summed E-state index contributed by atoms with van der Waals surface area (Å²) in [6, 6.07) is 2.63. The van der Waals surface area contributed by atoms with Crippen LogP contribution in [0.25, 0.3) is 0 Å². The fraction of sp³-hybridized carbons (Fsp3) is 0.500. The largest absolute Gasteiger partial charge is 0.386 e. The minimum absolute atomic E-state index is 0.0854. The van der Waals surface area contributed by atoms with Gasteiger partial charge in [0.05, 0.1) is 0 Å². The van der Waals surface area contributed by atoms with E-state index in [4.69, 9.17) is 11.6 Å². The summed E-state index contributed by atoms with van der Waals surface area (Å²) in [6.07, 6.45) is 2.18. The first-order valence-corrected chi connectivity index (χ1v) is 5.06. The Bertz CT molecular complexity index is 341. The molecule has 0 spiro atoms. The van der Waals surface area contributed by atoms with Gasteiger partial charge in [-0.2, -0.15) is 0 Å². The highest BCUT2D eigenvalue weighted by Gasteiger charge is 2.29. The van der Waals surface area contributed by atoms with E-state index in [9.17, 15) is 9.50 Å². The second-order valence-electron chi connectivity index (χ2n) is 3.64. The number of nitrogens with zero attached hydrogens (tertiary/aromatic N) is 1. The van der Waals surface area contributed by atoms with Gasteiger partial charge in [-0.15, -0.1) is 0 Å². The molecule has 1 aromatic heterocycles. The number of halogens is 2. The second kappa shape index (κ2) is 3.83. The van der Waals surface area contributed by atoms with Crippen LogP contribution < -0.4 is 0 Å². The lowest BCUT2D eigenvalue weighted by Crippen LogP contribution is -2.21. The first-order chi connectivity index (χ1) is 6.68. The van der Waals surface area contributed by atoms with Crippen molar-refractivity contribution in [2.24, 2.45) is 5.92 Å². The minimum atomic E-state index is -0.803. The van der Waals surface area contributed by atoms with Crippen LogP contribution in [0.5, 0.6) is 0 Å². The lowest BCUT2D eigenvalue weighted by atomic mass is 9.80. The number of aliphatic hydroxyl groups is 1. The summed E-state index contributed by atoms with van der Waals surface area (Å²) in [4.78, 5) is 3.82. The normalized spacial score (nSPS) is 19.1. The van der Waals surface area contributed by atoms with E-state index in [2.05, 4.69) is 4.98 Å². The quantitative estimate of drug-likeness (QED) is 0.770. The van der Waals surface area contributed by atoms with Crippen molar-refractivity contribution in [3.05, 3.63) is 28.8 Å². The monoisotopic (exact) mass is 215 g/mol. The summed E-state index contributed by atoms with van der Waals surface area (Å²) in [5, 5.41) is 10.0. The molecular weight excluding hydrogens is 205 g/mol. The molecule has 2 rings (SSSR count). The highest BCUT2D eigenvalue weighted by atomic mass is 35.5. The lowest BCUT2D eigenvalue weighted by molar-refractivity contribution is 0.0555. The molecule has 1 saturated carbocycles. The van der Waals surface area contributed by atoms with Crippen LogP contribution in [0.4, 0.5) is 4.39 Å². The summed E-state index contributed by atoms with van der Waals surface area (Å²) in [5.41, 5.74) is 0.0854. The topological polar surface area (TPSA) is 33.1 Å². The highest BCUT2D eigenvalue weighted by molar-refractivity contribution is 6.29. The van der Waals surface area contributed by atoms with Crippen molar-refractivity contribution < 1.29 is 9.50 Å². The van der Waals surface area contributed by atoms with Gasteiger partial charge in [0, 0.05) is 0 Å². The van der Waals surface area contributed by atoms with Crippen LogP contribution in [0.15, 0.2) is 12.1 Å². The van der Waals surface area contributed by atoms with Gasteiger partial charge in [-0.1, -0.05) is 18.0 Å². The average Bonchev–Trinajstić information content (AvgIpc) is 2.06. The predicted octanol–water partition coefficient (Wildman–Crippen LogP) is 2.71. The van der Waals surface area contributed by atoms with Gasteiger partial charge >= 0.3 is 0 Å². The van der Waals surface area contributed by atoms with E-state index in [0.29, 0.717) is 0 Å². The molecule has 1 N–H and O–H groups in total. The van der Waals surface area contributed by atoms with Crippen molar-refractivity contribution in [3.8, 4) is 0 Å². The van der Waals surface area contributed by atoms with Crippen LogP contribution in [0.2, 0.25) is 5.15 Å². The molecule has 76 valence electrons. The molecule has 0 radical (unpaired) electrons. The fourth-order valence-electron chi connectivity index (χ4n) is 1.62. The number of hydrogen-bond donors (Lipinski definition) is 1. The van der Waals surface area contributed by atoms with Crippen molar-refractivity contribution in [2.75, 3.05) is 0 Å². The number of pyridine rings is 1. The molecule has 2 nitrogen and oxygen atoms in total. The summed E-state index contributed by atoms with van der Waals surface area (Å²) in [6.45, 7) is 0. The first kappa shape index (κ1) is 9.87. The molecule has 4 heteroatoms. The molecule has 0 bridgehead atoms. The van der Waals surface area contributed by atoms with Gasteiger partial charge in [0.2, 0.25) is 0 Å². The van der Waals surface area contributed by atoms with Gasteiger partial charge in [0.15, 0.2) is 0 Å². The average molecular weight is 216 g/mol. The fourth-order valence-corrected chi connectivity index (χ4v) is 1.77. The summed E-state index contributed by atoms with van der Waals surface area (Å²) < 4.78 is 13.3. The van der Waals surface area contributed by atoms with Crippen LogP contribution in [0.3, 0.4) is 0 Å². The Balaban J connectivity index is 2.24. The van der Waals surface area contributed by atoms with E-state index in [1.54, 1.807) is 0 Å². The van der Waals surface area contributed by atoms with Crippen molar-refractivity contribution in [1.82, 2.24) is 4.98 Å². The molecule has 14 heavy (non-hydrogen) atoms. The third-order valence-electron chi connectivity index (χ3n) is 2.72. The van der Waals surface area contributed by atoms with E-state index >= 15 is 0 Å². The summed E-state index contributed by atoms with van der Waals surface area (Å²) in [5.74, 6) is -0.329. The van der Waals surface area contributed by atoms with Crippen LogP contribution in [-0.2, 0) is 0 Å². The van der Waals surface area contributed by atoms with E-state index in [-0.39, 0.29) is 16.8 Å². The van der Waals surface area contributed by atoms with Crippen molar-refractivity contribution >= 4 is 11.6 Å². The van der Waals surface area contributed by atoms with E-state index in [1.807, 2.05) is 0 Å². The highest BCUT2D eigenvalue weighted by Crippen LogP contribution is 2.37. The van der Waals surface area contributed by atoms with Crippen LogP contribution in [-0.4, -0.2) is 10.1 Å². The third-order valence-corrected chi connectivity index (χ3v) is 2.93. The van der Waals surface area contributed by atoms with Crippen molar-refractivity contribution in [2.45, 2.75) is 25.4 Å². The molecule has 1 fully saturated rings. The van der Waals surface area contributed by atoms with Gasteiger partial charge in [0.1, 0.15) is 22.8 Å². The Labute approximate surface area is 86.7 Å². The molecule has 1 aliphatic rings. The Morgan fingerprint density at radius 3 is 2.79 bits per heavy atom. The maximum atomic E-state index is 13.3. The number of aromatic nitrogens is 1. The lowest BCUT2D eigenvalue weighted by Gasteiger charge is -2.29. The molecule has 1 heterocycles. The van der Waals surface area contributed by atoms with Crippen molar-refractivity contribution in [1.29, 1.82) is 0 Å². The van der Waals surface area contributed by atoms with E-state index in [1.165, 1.54) is 12.1 Å². The minimum Gasteiger partial charge on any atom is -0.386 e. The Hall–Kier alpha value is -0.670. The predicted molar refractivity (Wildman–Crippen MR) is 51.5 cm³/mol. The Morgan fingerprint density at radius 2 is 2.21 bits per heavy atom. The Morgan fingerprint density at radius 1 is 1.50 bits per heavy atom. The Kier molecular flexibility index (Phi) is 2.70. The van der Waals surface area contributed by atoms with Gasteiger partial charge in [-0.05, 0) is 30.9 Å². The number of rotatable bonds is 2. The summed E-state index contributed by atoms with van der Waals surface area (Å²) in [7, 11) is 0. The number of aliphatic hydroxyl groups excluding tert-OH is 1. The van der Waals surface area contributed by atoms with Gasteiger partial charge in [-0.25, -0.2) is 9.37 Å². The molecule has 1 aromatic rings. The zero-order valence-corrected chi connectivity index (χ0v) is 8.34. The SMILES string of the molecule is OC(c1nc(Cl)ccc1F)C1CCC1. The molecule has 0 amide bonds. The van der Waals surface area contributed by atoms with Gasteiger partial charge < -0.3 is 5.11 Å². The molecule has 0 aromatic carbocycles. The molecule has 0 saturated heterocycles. The van der Waals surface area contributed by atoms with Crippen LogP contribution >= 0.6 is 11.6 Å². The maximum absolute atomic E-state index is 13.3. The van der Waals surface area contributed by atoms with Crippen molar-refractivity contribution in [3.63, 3.8) is 0 Å². The zero-order valence-electron chi connectivity index (χ0n) is 7.58. The van der Waals surface area contributed by atoms with E-state index in [0.717, 1.165) is 19.3 Å². The molecule has 1 aliphatic carbocycles. The standard InChI is InChI=1S/C10H11ClFNO/c11-8-5-4-7(12)9(13-8)10(14)6-2-1-3-6/h4-6,10,14H,1-3H2. The second-order valence-corrected chi connectivity index (χ2v) is 4.02. The maximum Gasteiger partial charge on any atom is 0.147 e. The zero-order chi connectivity index (χ0) is 10.1. The van der Waals surface area contributed by atoms with E-state index < -0.39 is 11.9 Å².